The van der Waals surface area contributed by atoms with Crippen LogP contribution in [0.2, 0.25) is 0 Å². The van der Waals surface area contributed by atoms with Crippen molar-refractivity contribution in [2.24, 2.45) is 29.1 Å². The molecule has 2 aromatic rings. The summed E-state index contributed by atoms with van der Waals surface area (Å²) in [6, 6.07) is 9.17. The highest BCUT2D eigenvalue weighted by Crippen LogP contribution is 2.56. The summed E-state index contributed by atoms with van der Waals surface area (Å²) in [6.07, 6.45) is 3.30. The number of phenols is 1. The Bertz CT molecular complexity index is 1690. The van der Waals surface area contributed by atoms with Crippen LogP contribution in [-0.2, 0) is 36.8 Å². The lowest BCUT2D eigenvalue weighted by atomic mass is 9.53. The number of carbonyl (C=O) groups excluding carboxylic acids is 4. The van der Waals surface area contributed by atoms with Gasteiger partial charge in [-0.25, -0.2) is 0 Å². The van der Waals surface area contributed by atoms with Crippen LogP contribution in [0.25, 0.3) is 16.9 Å². The molecule has 5 rings (SSSR count). The molecule has 46 heavy (non-hydrogen) atoms. The SMILES string of the molecule is COC(=O)C(CCc1ccc(OC)c(-c2ccc(O)c3c2C[C@H]2C[C@H]4CC(C)=C(C(C)=O)C(=O)[C@]4(C)C(=O)C2=C3O)c1)CC(C)C. The number of ketones is 3. The summed E-state index contributed by atoms with van der Waals surface area (Å²) in [5.41, 5.74) is 2.88. The maximum Gasteiger partial charge on any atom is 0.308 e. The van der Waals surface area contributed by atoms with Crippen molar-refractivity contribution >= 4 is 29.1 Å². The van der Waals surface area contributed by atoms with Gasteiger partial charge in [-0.1, -0.05) is 31.6 Å². The number of aryl methyl sites for hydroxylation is 1. The topological polar surface area (TPSA) is 127 Å². The number of rotatable bonds is 9. The zero-order valence-electron chi connectivity index (χ0n) is 27.8. The number of Topliss-reactive ketones (excluding diaryl/α,β-unsaturated/α-hetero) is 3. The second kappa shape index (κ2) is 12.5. The van der Waals surface area contributed by atoms with Crippen LogP contribution in [0.4, 0.5) is 0 Å². The second-order valence-electron chi connectivity index (χ2n) is 13.8. The van der Waals surface area contributed by atoms with Crippen LogP contribution in [0.1, 0.15) is 77.0 Å². The molecule has 2 N–H and O–H groups in total. The van der Waals surface area contributed by atoms with Crippen molar-refractivity contribution in [1.82, 2.24) is 0 Å². The number of hydrogen-bond donors (Lipinski definition) is 2. The fourth-order valence-electron chi connectivity index (χ4n) is 8.07. The summed E-state index contributed by atoms with van der Waals surface area (Å²) in [5.74, 6) is -1.95. The van der Waals surface area contributed by atoms with Gasteiger partial charge in [-0.05, 0) is 112 Å². The van der Waals surface area contributed by atoms with E-state index in [0.29, 0.717) is 54.9 Å². The van der Waals surface area contributed by atoms with E-state index in [9.17, 15) is 29.4 Å². The third-order valence-electron chi connectivity index (χ3n) is 10.4. The molecule has 3 aliphatic carbocycles. The Morgan fingerprint density at radius 3 is 2.37 bits per heavy atom. The number of phenolic OH excluding ortho intramolecular Hbond substituents is 1. The molecule has 8 nitrogen and oxygen atoms in total. The standard InChI is InChI=1S/C38H44O8/c1-19(2)14-23(37(44)46-7)10-8-22-9-13-30(45-6)27(16-22)26-11-12-29(40)33-28(26)18-24-17-25-15-20(3)31(21(4)39)35(42)38(25,5)36(43)32(24)34(33)41/h9,11-13,16,19,23-25,40-41H,8,10,14-15,17-18H2,1-7H3/t23?,24-,25-,38-/m1/s1. The van der Waals surface area contributed by atoms with Crippen molar-refractivity contribution in [3.05, 3.63) is 63.7 Å². The van der Waals surface area contributed by atoms with Gasteiger partial charge >= 0.3 is 5.97 Å². The normalized spacial score (nSPS) is 23.1. The molecule has 8 heteroatoms. The van der Waals surface area contributed by atoms with E-state index in [1.807, 2.05) is 18.2 Å². The Morgan fingerprint density at radius 1 is 1.02 bits per heavy atom. The number of benzene rings is 2. The van der Waals surface area contributed by atoms with E-state index < -0.39 is 17.0 Å². The van der Waals surface area contributed by atoms with Crippen LogP contribution in [0, 0.1) is 29.1 Å². The highest BCUT2D eigenvalue weighted by atomic mass is 16.5. The lowest BCUT2D eigenvalue weighted by molar-refractivity contribution is -0.146. The van der Waals surface area contributed by atoms with Crippen molar-refractivity contribution < 1.29 is 38.9 Å². The molecule has 0 spiro atoms. The van der Waals surface area contributed by atoms with Crippen LogP contribution in [-0.4, -0.2) is 47.8 Å². The average Bonchev–Trinajstić information content (AvgIpc) is 3.00. The van der Waals surface area contributed by atoms with Crippen molar-refractivity contribution in [1.29, 1.82) is 0 Å². The molecule has 0 heterocycles. The van der Waals surface area contributed by atoms with Crippen LogP contribution in [0.5, 0.6) is 11.5 Å². The van der Waals surface area contributed by atoms with Gasteiger partial charge in [0.2, 0.25) is 0 Å². The number of aliphatic hydroxyl groups excluding tert-OH is 1. The minimum Gasteiger partial charge on any atom is -0.507 e. The molecule has 0 aliphatic heterocycles. The van der Waals surface area contributed by atoms with Crippen LogP contribution in [0.15, 0.2) is 47.1 Å². The van der Waals surface area contributed by atoms with Gasteiger partial charge in [0.25, 0.3) is 0 Å². The van der Waals surface area contributed by atoms with Crippen LogP contribution in [0.3, 0.4) is 0 Å². The molecule has 0 radical (unpaired) electrons. The molecule has 1 fully saturated rings. The Labute approximate surface area is 270 Å². The van der Waals surface area contributed by atoms with E-state index in [-0.39, 0.29) is 57.7 Å². The summed E-state index contributed by atoms with van der Waals surface area (Å²) < 4.78 is 10.8. The van der Waals surface area contributed by atoms with Crippen LogP contribution < -0.4 is 4.74 Å². The molecule has 0 saturated heterocycles. The van der Waals surface area contributed by atoms with Gasteiger partial charge in [0.1, 0.15) is 17.3 Å². The lowest BCUT2D eigenvalue weighted by Gasteiger charge is -2.47. The number of allylic oxidation sites excluding steroid dienone is 3. The number of fused-ring (bicyclic) bond motifs is 3. The number of aromatic hydroxyl groups is 1. The van der Waals surface area contributed by atoms with Crippen molar-refractivity contribution in [2.45, 2.75) is 73.1 Å². The van der Waals surface area contributed by atoms with Gasteiger partial charge in [-0.2, -0.15) is 0 Å². The summed E-state index contributed by atoms with van der Waals surface area (Å²) in [4.78, 5) is 52.7. The molecule has 1 unspecified atom stereocenters. The summed E-state index contributed by atoms with van der Waals surface area (Å²) >= 11 is 0. The van der Waals surface area contributed by atoms with Crippen molar-refractivity contribution in [2.75, 3.05) is 14.2 Å². The van der Waals surface area contributed by atoms with E-state index in [0.717, 1.165) is 23.1 Å². The van der Waals surface area contributed by atoms with Crippen molar-refractivity contribution in [3.63, 3.8) is 0 Å². The van der Waals surface area contributed by atoms with Gasteiger partial charge in [0.15, 0.2) is 17.3 Å². The predicted molar refractivity (Wildman–Crippen MR) is 174 cm³/mol. The first-order valence-electron chi connectivity index (χ1n) is 16.1. The first-order valence-corrected chi connectivity index (χ1v) is 16.1. The quantitative estimate of drug-likeness (QED) is 0.177. The minimum atomic E-state index is -1.46. The first-order chi connectivity index (χ1) is 21.7. The second-order valence-corrected chi connectivity index (χ2v) is 13.8. The Morgan fingerprint density at radius 2 is 1.74 bits per heavy atom. The zero-order valence-corrected chi connectivity index (χ0v) is 27.8. The monoisotopic (exact) mass is 628 g/mol. The van der Waals surface area contributed by atoms with E-state index in [4.69, 9.17) is 9.47 Å². The smallest absolute Gasteiger partial charge is 0.308 e. The molecular weight excluding hydrogens is 584 g/mol. The fourth-order valence-corrected chi connectivity index (χ4v) is 8.07. The summed E-state index contributed by atoms with van der Waals surface area (Å²) in [7, 11) is 3.00. The summed E-state index contributed by atoms with van der Waals surface area (Å²) in [5, 5.41) is 22.8. The number of carbonyl (C=O) groups is 4. The van der Waals surface area contributed by atoms with E-state index in [1.54, 1.807) is 27.0 Å². The lowest BCUT2D eigenvalue weighted by Crippen LogP contribution is -2.53. The summed E-state index contributed by atoms with van der Waals surface area (Å²) in [6.45, 7) is 8.89. The van der Waals surface area contributed by atoms with Gasteiger partial charge in [0, 0.05) is 11.1 Å². The first kappa shape index (κ1) is 33.2. The molecule has 3 aliphatic rings. The third kappa shape index (κ3) is 5.46. The minimum absolute atomic E-state index is 0.0843. The fraction of sp³-hybridized carbons (Fsp3) is 0.474. The molecule has 244 valence electrons. The number of hydrogen-bond acceptors (Lipinski definition) is 8. The van der Waals surface area contributed by atoms with E-state index in [1.165, 1.54) is 20.1 Å². The maximum absolute atomic E-state index is 14.2. The maximum atomic E-state index is 14.2. The van der Waals surface area contributed by atoms with Gasteiger partial charge in [-0.15, -0.1) is 0 Å². The molecule has 0 aromatic heterocycles. The van der Waals surface area contributed by atoms with Crippen LogP contribution >= 0.6 is 0 Å². The Hall–Kier alpha value is -4.20. The van der Waals surface area contributed by atoms with Gasteiger partial charge in [-0.3, -0.25) is 19.2 Å². The van der Waals surface area contributed by atoms with Gasteiger partial charge in [0.05, 0.1) is 36.7 Å². The highest BCUT2D eigenvalue weighted by Gasteiger charge is 2.58. The average molecular weight is 629 g/mol. The molecule has 1 saturated carbocycles. The molecular formula is C38H44O8. The van der Waals surface area contributed by atoms with Gasteiger partial charge < -0.3 is 19.7 Å². The largest absolute Gasteiger partial charge is 0.507 e. The molecule has 0 bridgehead atoms. The highest BCUT2D eigenvalue weighted by molar-refractivity contribution is 6.31. The number of methoxy groups -OCH3 is 2. The number of ether oxygens (including phenoxy) is 2. The molecule has 2 aromatic carbocycles. The zero-order chi connectivity index (χ0) is 33.7. The number of esters is 1. The van der Waals surface area contributed by atoms with E-state index in [2.05, 4.69) is 13.8 Å². The third-order valence-corrected chi connectivity index (χ3v) is 10.4. The predicted octanol–water partition coefficient (Wildman–Crippen LogP) is 6.75. The Kier molecular flexibility index (Phi) is 9.04. The molecule has 4 atom stereocenters. The Balaban J connectivity index is 1.57. The molecule has 0 amide bonds. The number of aliphatic hydroxyl groups is 1. The van der Waals surface area contributed by atoms with Crippen molar-refractivity contribution in [3.8, 4) is 22.6 Å². The van der Waals surface area contributed by atoms with E-state index >= 15 is 0 Å².